The van der Waals surface area contributed by atoms with Crippen LogP contribution in [0.25, 0.3) is 0 Å². The van der Waals surface area contributed by atoms with Crippen LogP contribution in [0.3, 0.4) is 0 Å². The number of aromatic amines is 1. The number of hydrogen-bond acceptors (Lipinski definition) is 5. The molecule has 2 rings (SSSR count). The minimum absolute atomic E-state index is 0.219. The van der Waals surface area contributed by atoms with Crippen molar-refractivity contribution in [3.05, 3.63) is 50.3 Å². The van der Waals surface area contributed by atoms with Gasteiger partial charge in [0.05, 0.1) is 17.3 Å². The lowest BCUT2D eigenvalue weighted by atomic mass is 10.2. The quantitative estimate of drug-likeness (QED) is 0.641. The lowest BCUT2D eigenvalue weighted by Gasteiger charge is -2.05. The topological polar surface area (TPSA) is 79.4 Å². The molecular formula is C14H15BrN4O2. The fourth-order valence-corrected chi connectivity index (χ4v) is 2.18. The number of hydrazone groups is 1. The first kappa shape index (κ1) is 15.2. The van der Waals surface area contributed by atoms with Crippen molar-refractivity contribution in [2.45, 2.75) is 13.8 Å². The van der Waals surface area contributed by atoms with Crippen molar-refractivity contribution in [3.8, 4) is 5.75 Å². The van der Waals surface area contributed by atoms with Crippen LogP contribution >= 0.6 is 15.9 Å². The van der Waals surface area contributed by atoms with Crippen molar-refractivity contribution < 1.29 is 4.74 Å². The molecule has 0 saturated heterocycles. The number of H-pyrrole nitrogens is 1. The Labute approximate surface area is 130 Å². The van der Waals surface area contributed by atoms with Gasteiger partial charge < -0.3 is 4.74 Å². The molecule has 110 valence electrons. The monoisotopic (exact) mass is 350 g/mol. The maximum Gasteiger partial charge on any atom is 0.252 e. The van der Waals surface area contributed by atoms with E-state index >= 15 is 0 Å². The van der Waals surface area contributed by atoms with Gasteiger partial charge in [0.15, 0.2) is 0 Å². The normalized spacial score (nSPS) is 10.8. The minimum atomic E-state index is -0.219. The van der Waals surface area contributed by atoms with Crippen LogP contribution in [0.4, 0.5) is 5.95 Å². The molecule has 0 bridgehead atoms. The van der Waals surface area contributed by atoms with E-state index in [4.69, 9.17) is 4.74 Å². The standard InChI is InChI=1S/C14H15BrN4O2/c1-3-21-12-5-4-10(7-11(12)15)8-16-19-14-17-9(2)6-13(20)18-14/h4-8H,3H2,1-2H3,(H2,17,18,19,20)/b16-8-. The summed E-state index contributed by atoms with van der Waals surface area (Å²) in [5, 5.41) is 4.04. The molecule has 2 N–H and O–H groups in total. The lowest BCUT2D eigenvalue weighted by Crippen LogP contribution is -2.10. The Morgan fingerprint density at radius 2 is 2.29 bits per heavy atom. The zero-order valence-corrected chi connectivity index (χ0v) is 13.3. The van der Waals surface area contributed by atoms with Gasteiger partial charge in [0.1, 0.15) is 5.75 Å². The van der Waals surface area contributed by atoms with Crippen LogP contribution in [-0.4, -0.2) is 22.8 Å². The number of nitrogens with zero attached hydrogens (tertiary/aromatic N) is 2. The van der Waals surface area contributed by atoms with Gasteiger partial charge >= 0.3 is 0 Å². The summed E-state index contributed by atoms with van der Waals surface area (Å²) in [7, 11) is 0. The molecule has 0 aliphatic carbocycles. The van der Waals surface area contributed by atoms with Crippen molar-refractivity contribution in [2.75, 3.05) is 12.0 Å². The summed E-state index contributed by atoms with van der Waals surface area (Å²) in [6.45, 7) is 4.29. The van der Waals surface area contributed by atoms with Crippen molar-refractivity contribution in [1.82, 2.24) is 9.97 Å². The number of aryl methyl sites for hydroxylation is 1. The van der Waals surface area contributed by atoms with E-state index in [1.807, 2.05) is 25.1 Å². The molecule has 2 aromatic rings. The van der Waals surface area contributed by atoms with E-state index in [-0.39, 0.29) is 5.56 Å². The van der Waals surface area contributed by atoms with E-state index in [1.165, 1.54) is 6.07 Å². The van der Waals surface area contributed by atoms with Gasteiger partial charge in [-0.3, -0.25) is 9.78 Å². The fourth-order valence-electron chi connectivity index (χ4n) is 1.67. The van der Waals surface area contributed by atoms with E-state index in [9.17, 15) is 4.79 Å². The van der Waals surface area contributed by atoms with Crippen molar-refractivity contribution in [2.24, 2.45) is 5.10 Å². The number of nitrogens with one attached hydrogen (secondary N) is 2. The van der Waals surface area contributed by atoms with Gasteiger partial charge in [-0.25, -0.2) is 10.4 Å². The minimum Gasteiger partial charge on any atom is -0.493 e. The number of ether oxygens (including phenoxy) is 1. The van der Waals surface area contributed by atoms with Gasteiger partial charge in [-0.1, -0.05) is 0 Å². The highest BCUT2D eigenvalue weighted by Gasteiger charge is 2.01. The van der Waals surface area contributed by atoms with Gasteiger partial charge in [-0.2, -0.15) is 5.10 Å². The number of halogens is 1. The number of anilines is 1. The second kappa shape index (κ2) is 7.03. The molecule has 0 amide bonds. The van der Waals surface area contributed by atoms with Crippen LogP contribution in [0.5, 0.6) is 5.75 Å². The van der Waals surface area contributed by atoms with Gasteiger partial charge in [-0.05, 0) is 53.5 Å². The molecule has 0 aliphatic rings. The molecule has 0 fully saturated rings. The van der Waals surface area contributed by atoms with Crippen LogP contribution in [0.2, 0.25) is 0 Å². The van der Waals surface area contributed by atoms with Crippen LogP contribution < -0.4 is 15.7 Å². The van der Waals surface area contributed by atoms with E-state index in [0.29, 0.717) is 18.2 Å². The molecule has 1 aromatic heterocycles. The van der Waals surface area contributed by atoms with E-state index in [0.717, 1.165) is 15.8 Å². The predicted octanol–water partition coefficient (Wildman–Crippen LogP) is 2.69. The molecular weight excluding hydrogens is 336 g/mol. The van der Waals surface area contributed by atoms with Gasteiger partial charge in [0.2, 0.25) is 5.95 Å². The summed E-state index contributed by atoms with van der Waals surface area (Å²) in [5.74, 6) is 1.09. The summed E-state index contributed by atoms with van der Waals surface area (Å²) in [6.07, 6.45) is 1.63. The SMILES string of the molecule is CCOc1ccc(/C=N\Nc2nc(C)cc(=O)[nH]2)cc1Br. The third kappa shape index (κ3) is 4.42. The zero-order valence-electron chi connectivity index (χ0n) is 11.7. The molecule has 7 heteroatoms. The maximum atomic E-state index is 11.3. The first-order valence-corrected chi connectivity index (χ1v) is 7.17. The summed E-state index contributed by atoms with van der Waals surface area (Å²) in [6, 6.07) is 7.05. The molecule has 0 radical (unpaired) electrons. The van der Waals surface area contributed by atoms with Crippen molar-refractivity contribution >= 4 is 28.1 Å². The summed E-state index contributed by atoms with van der Waals surface area (Å²) in [5.41, 5.74) is 3.98. The highest BCUT2D eigenvalue weighted by molar-refractivity contribution is 9.10. The van der Waals surface area contributed by atoms with E-state index in [2.05, 4.69) is 36.4 Å². The average Bonchev–Trinajstić information content (AvgIpc) is 2.41. The van der Waals surface area contributed by atoms with Gasteiger partial charge in [-0.15, -0.1) is 0 Å². The van der Waals surface area contributed by atoms with E-state index < -0.39 is 0 Å². The molecule has 0 saturated carbocycles. The zero-order chi connectivity index (χ0) is 15.2. The molecule has 0 spiro atoms. The third-order valence-corrected chi connectivity index (χ3v) is 3.13. The van der Waals surface area contributed by atoms with Crippen LogP contribution in [0.15, 0.2) is 38.6 Å². The van der Waals surface area contributed by atoms with Crippen LogP contribution in [0, 0.1) is 6.92 Å². The largest absolute Gasteiger partial charge is 0.493 e. The Morgan fingerprint density at radius 3 is 2.95 bits per heavy atom. The van der Waals surface area contributed by atoms with Gasteiger partial charge in [0.25, 0.3) is 5.56 Å². The van der Waals surface area contributed by atoms with Crippen LogP contribution in [0.1, 0.15) is 18.2 Å². The predicted molar refractivity (Wildman–Crippen MR) is 86.1 cm³/mol. The van der Waals surface area contributed by atoms with Crippen molar-refractivity contribution in [3.63, 3.8) is 0 Å². The Bertz CT molecular complexity index is 712. The van der Waals surface area contributed by atoms with Crippen molar-refractivity contribution in [1.29, 1.82) is 0 Å². The second-order valence-corrected chi connectivity index (χ2v) is 5.08. The molecule has 0 atom stereocenters. The fraction of sp³-hybridized carbons (Fsp3) is 0.214. The summed E-state index contributed by atoms with van der Waals surface area (Å²) < 4.78 is 6.29. The Hall–Kier alpha value is -2.15. The first-order chi connectivity index (χ1) is 10.1. The highest BCUT2D eigenvalue weighted by atomic mass is 79.9. The third-order valence-electron chi connectivity index (χ3n) is 2.51. The Morgan fingerprint density at radius 1 is 1.48 bits per heavy atom. The second-order valence-electron chi connectivity index (χ2n) is 4.23. The lowest BCUT2D eigenvalue weighted by molar-refractivity contribution is 0.338. The molecule has 6 nitrogen and oxygen atoms in total. The van der Waals surface area contributed by atoms with Crippen LogP contribution in [-0.2, 0) is 0 Å². The maximum absolute atomic E-state index is 11.3. The Balaban J connectivity index is 2.07. The summed E-state index contributed by atoms with van der Waals surface area (Å²) in [4.78, 5) is 17.9. The number of hydrogen-bond donors (Lipinski definition) is 2. The average molecular weight is 351 g/mol. The molecule has 0 aliphatic heterocycles. The molecule has 1 heterocycles. The number of benzene rings is 1. The highest BCUT2D eigenvalue weighted by Crippen LogP contribution is 2.25. The smallest absolute Gasteiger partial charge is 0.252 e. The first-order valence-electron chi connectivity index (χ1n) is 6.38. The number of aromatic nitrogens is 2. The number of rotatable bonds is 5. The molecule has 21 heavy (non-hydrogen) atoms. The molecule has 0 unspecified atom stereocenters. The van der Waals surface area contributed by atoms with Gasteiger partial charge in [0, 0.05) is 11.8 Å². The molecule has 1 aromatic carbocycles. The summed E-state index contributed by atoms with van der Waals surface area (Å²) >= 11 is 3.44. The Kier molecular flexibility index (Phi) is 5.10. The van der Waals surface area contributed by atoms with E-state index in [1.54, 1.807) is 13.1 Å².